The van der Waals surface area contributed by atoms with Crippen LogP contribution in [0.25, 0.3) is 0 Å². The van der Waals surface area contributed by atoms with Crippen LogP contribution in [0.3, 0.4) is 0 Å². The molecule has 0 unspecified atom stereocenters. The number of piperidine rings is 1. The first kappa shape index (κ1) is 15.5. The van der Waals surface area contributed by atoms with Gasteiger partial charge >= 0.3 is 0 Å². The highest BCUT2D eigenvalue weighted by atomic mass is 32.2. The Morgan fingerprint density at radius 2 is 2.14 bits per heavy atom. The summed E-state index contributed by atoms with van der Waals surface area (Å²) in [5.41, 5.74) is 1.37. The van der Waals surface area contributed by atoms with Gasteiger partial charge in [-0.05, 0) is 44.3 Å². The number of carbonyl (C=O) groups is 1. The number of anilines is 1. The lowest BCUT2D eigenvalue weighted by Gasteiger charge is -2.20. The molecule has 1 aliphatic rings. The number of hydrogen-bond donors (Lipinski definition) is 2. The highest BCUT2D eigenvalue weighted by Crippen LogP contribution is 2.29. The van der Waals surface area contributed by atoms with E-state index in [0.29, 0.717) is 11.6 Å². The fourth-order valence-corrected chi connectivity index (χ4v) is 4.11. The van der Waals surface area contributed by atoms with Gasteiger partial charge in [0.05, 0.1) is 10.7 Å². The smallest absolute Gasteiger partial charge is 0.275 e. The first-order chi connectivity index (χ1) is 10.8. The molecule has 2 heterocycles. The summed E-state index contributed by atoms with van der Waals surface area (Å²) in [7, 11) is 0. The highest BCUT2D eigenvalue weighted by Gasteiger charge is 2.20. The molecule has 4 nitrogen and oxygen atoms in total. The van der Waals surface area contributed by atoms with Gasteiger partial charge in [-0.2, -0.15) is 0 Å². The molecule has 6 heteroatoms. The van der Waals surface area contributed by atoms with Crippen molar-refractivity contribution in [3.05, 3.63) is 40.3 Å². The number of amides is 1. The fourth-order valence-electron chi connectivity index (χ4n) is 2.58. The second kappa shape index (κ2) is 7.26. The molecule has 2 N–H and O–H groups in total. The summed E-state index contributed by atoms with van der Waals surface area (Å²) in [4.78, 5) is 18.0. The van der Waals surface area contributed by atoms with E-state index in [4.69, 9.17) is 0 Å². The molecule has 1 aliphatic heterocycles. The van der Waals surface area contributed by atoms with E-state index in [-0.39, 0.29) is 5.91 Å². The van der Waals surface area contributed by atoms with Crippen molar-refractivity contribution in [3.8, 4) is 0 Å². The van der Waals surface area contributed by atoms with Crippen molar-refractivity contribution in [2.75, 3.05) is 24.7 Å². The summed E-state index contributed by atoms with van der Waals surface area (Å²) in [6, 6.07) is 7.82. The van der Waals surface area contributed by atoms with Gasteiger partial charge in [0.15, 0.2) is 0 Å². The Morgan fingerprint density at radius 3 is 2.91 bits per heavy atom. The van der Waals surface area contributed by atoms with E-state index in [9.17, 15) is 4.79 Å². The van der Waals surface area contributed by atoms with Crippen LogP contribution in [-0.2, 0) is 0 Å². The Hall–Kier alpha value is -1.37. The maximum atomic E-state index is 12.4. The molecule has 1 aromatic heterocycles. The SMILES string of the molecule is CSc1ccccc1NC(=O)c1csc(C2CCNCC2)n1. The number of nitrogens with zero attached hydrogens (tertiary/aromatic N) is 1. The monoisotopic (exact) mass is 333 g/mol. The number of thiazole rings is 1. The van der Waals surface area contributed by atoms with Crippen molar-refractivity contribution in [2.45, 2.75) is 23.7 Å². The standard InChI is InChI=1S/C16H19N3OS2/c1-21-14-5-3-2-4-12(14)18-15(20)13-10-22-16(19-13)11-6-8-17-9-7-11/h2-5,10-11,17H,6-9H2,1H3,(H,18,20). The minimum atomic E-state index is -0.127. The van der Waals surface area contributed by atoms with E-state index in [2.05, 4.69) is 15.6 Å². The predicted octanol–water partition coefficient (Wildman–Crippen LogP) is 3.58. The third-order valence-electron chi connectivity index (χ3n) is 3.80. The molecule has 0 aliphatic carbocycles. The molecule has 116 valence electrons. The highest BCUT2D eigenvalue weighted by molar-refractivity contribution is 7.98. The van der Waals surface area contributed by atoms with Gasteiger partial charge in [-0.1, -0.05) is 12.1 Å². The first-order valence-electron chi connectivity index (χ1n) is 7.38. The summed E-state index contributed by atoms with van der Waals surface area (Å²) in [6.45, 7) is 2.07. The van der Waals surface area contributed by atoms with Gasteiger partial charge < -0.3 is 10.6 Å². The van der Waals surface area contributed by atoms with Crippen LogP contribution >= 0.6 is 23.1 Å². The number of para-hydroxylation sites is 1. The quantitative estimate of drug-likeness (QED) is 0.840. The van der Waals surface area contributed by atoms with Crippen molar-refractivity contribution in [3.63, 3.8) is 0 Å². The number of nitrogens with one attached hydrogen (secondary N) is 2. The van der Waals surface area contributed by atoms with Crippen LogP contribution in [0.15, 0.2) is 34.5 Å². The molecule has 22 heavy (non-hydrogen) atoms. The molecule has 1 fully saturated rings. The summed E-state index contributed by atoms with van der Waals surface area (Å²) in [6.07, 6.45) is 4.21. The molecule has 0 bridgehead atoms. The molecule has 1 amide bonds. The number of hydrogen-bond acceptors (Lipinski definition) is 5. The lowest BCUT2D eigenvalue weighted by atomic mass is 9.99. The molecule has 1 saturated heterocycles. The van der Waals surface area contributed by atoms with E-state index in [1.165, 1.54) is 0 Å². The molecule has 1 aromatic carbocycles. The van der Waals surface area contributed by atoms with Gasteiger partial charge in [-0.3, -0.25) is 4.79 Å². The van der Waals surface area contributed by atoms with E-state index in [1.807, 2.05) is 35.9 Å². The van der Waals surface area contributed by atoms with Crippen molar-refractivity contribution in [1.29, 1.82) is 0 Å². The summed E-state index contributed by atoms with van der Waals surface area (Å²) in [5, 5.41) is 9.28. The summed E-state index contributed by atoms with van der Waals surface area (Å²) < 4.78 is 0. The average molecular weight is 333 g/mol. The van der Waals surface area contributed by atoms with Gasteiger partial charge in [0.2, 0.25) is 0 Å². The maximum Gasteiger partial charge on any atom is 0.275 e. The van der Waals surface area contributed by atoms with Crippen LogP contribution in [0.5, 0.6) is 0 Å². The van der Waals surface area contributed by atoms with Crippen LogP contribution in [0.4, 0.5) is 5.69 Å². The van der Waals surface area contributed by atoms with Crippen molar-refractivity contribution >= 4 is 34.7 Å². The largest absolute Gasteiger partial charge is 0.320 e. The minimum Gasteiger partial charge on any atom is -0.320 e. The Morgan fingerprint density at radius 1 is 1.36 bits per heavy atom. The summed E-state index contributed by atoms with van der Waals surface area (Å²) in [5.74, 6) is 0.365. The average Bonchev–Trinajstić information content (AvgIpc) is 3.06. The fraction of sp³-hybridized carbons (Fsp3) is 0.375. The Labute approximate surface area is 138 Å². The van der Waals surface area contributed by atoms with Crippen molar-refractivity contribution < 1.29 is 4.79 Å². The van der Waals surface area contributed by atoms with Gasteiger partial charge in [-0.25, -0.2) is 4.98 Å². The number of carbonyl (C=O) groups excluding carboxylic acids is 1. The van der Waals surface area contributed by atoms with E-state index >= 15 is 0 Å². The number of benzene rings is 1. The van der Waals surface area contributed by atoms with E-state index in [1.54, 1.807) is 23.1 Å². The zero-order valence-corrected chi connectivity index (χ0v) is 14.1. The van der Waals surface area contributed by atoms with Gasteiger partial charge in [0, 0.05) is 16.2 Å². The van der Waals surface area contributed by atoms with Gasteiger partial charge in [0.25, 0.3) is 5.91 Å². The van der Waals surface area contributed by atoms with Crippen LogP contribution < -0.4 is 10.6 Å². The lowest BCUT2D eigenvalue weighted by molar-refractivity contribution is 0.102. The first-order valence-corrected chi connectivity index (χ1v) is 9.49. The third kappa shape index (κ3) is 3.51. The molecule has 3 rings (SSSR count). The zero-order valence-electron chi connectivity index (χ0n) is 12.5. The normalized spacial score (nSPS) is 15.7. The maximum absolute atomic E-state index is 12.4. The molecule has 0 spiro atoms. The Balaban J connectivity index is 1.71. The number of rotatable bonds is 4. The van der Waals surface area contributed by atoms with E-state index in [0.717, 1.165) is 41.5 Å². The molecule has 0 atom stereocenters. The lowest BCUT2D eigenvalue weighted by Crippen LogP contribution is -2.26. The minimum absolute atomic E-state index is 0.127. The van der Waals surface area contributed by atoms with Gasteiger partial charge in [0.1, 0.15) is 5.69 Å². The topological polar surface area (TPSA) is 54.0 Å². The predicted molar refractivity (Wildman–Crippen MR) is 93.1 cm³/mol. The van der Waals surface area contributed by atoms with Crippen LogP contribution in [0.2, 0.25) is 0 Å². The van der Waals surface area contributed by atoms with E-state index < -0.39 is 0 Å². The Kier molecular flexibility index (Phi) is 5.12. The molecular formula is C16H19N3OS2. The van der Waals surface area contributed by atoms with Crippen molar-refractivity contribution in [1.82, 2.24) is 10.3 Å². The molecule has 2 aromatic rings. The molecule has 0 saturated carbocycles. The Bertz CT molecular complexity index is 650. The molecular weight excluding hydrogens is 314 g/mol. The van der Waals surface area contributed by atoms with Crippen LogP contribution in [0.1, 0.15) is 34.3 Å². The zero-order chi connectivity index (χ0) is 15.4. The van der Waals surface area contributed by atoms with Crippen molar-refractivity contribution in [2.24, 2.45) is 0 Å². The third-order valence-corrected chi connectivity index (χ3v) is 5.60. The van der Waals surface area contributed by atoms with Gasteiger partial charge in [-0.15, -0.1) is 23.1 Å². The number of thioether (sulfide) groups is 1. The van der Waals surface area contributed by atoms with Crippen LogP contribution in [0, 0.1) is 0 Å². The van der Waals surface area contributed by atoms with Crippen LogP contribution in [-0.4, -0.2) is 30.2 Å². The summed E-state index contributed by atoms with van der Waals surface area (Å²) >= 11 is 3.22. The number of aromatic nitrogens is 1. The molecule has 0 radical (unpaired) electrons. The second-order valence-electron chi connectivity index (χ2n) is 5.25. The second-order valence-corrected chi connectivity index (χ2v) is 6.99.